The third-order valence-electron chi connectivity index (χ3n) is 4.26. The van der Waals surface area contributed by atoms with Gasteiger partial charge in [-0.2, -0.15) is 0 Å². The quantitative estimate of drug-likeness (QED) is 0.779. The van der Waals surface area contributed by atoms with Crippen LogP contribution in [0.15, 0.2) is 36.4 Å². The lowest BCUT2D eigenvalue weighted by Crippen LogP contribution is -2.28. The molecule has 1 aromatic carbocycles. The van der Waals surface area contributed by atoms with Gasteiger partial charge in [-0.05, 0) is 29.4 Å². The topological polar surface area (TPSA) is 20.2 Å². The monoisotopic (exact) mass is 230 g/mol. The third-order valence-corrected chi connectivity index (χ3v) is 4.26. The van der Waals surface area contributed by atoms with Crippen molar-refractivity contribution in [3.63, 3.8) is 0 Å². The Hall–Kier alpha value is -1.08. The molecule has 92 valence electrons. The highest BCUT2D eigenvalue weighted by Crippen LogP contribution is 2.36. The predicted octanol–water partition coefficient (Wildman–Crippen LogP) is 3.74. The minimum atomic E-state index is -0.237. The summed E-state index contributed by atoms with van der Waals surface area (Å²) in [6.07, 6.45) is 3.14. The summed E-state index contributed by atoms with van der Waals surface area (Å²) >= 11 is 0. The molecule has 1 aliphatic rings. The Bertz CT molecular complexity index is 393. The molecule has 4 atom stereocenters. The fourth-order valence-electron chi connectivity index (χ4n) is 2.70. The molecule has 0 saturated heterocycles. The molecule has 0 radical (unpaired) electrons. The molecule has 0 aliphatic heterocycles. The van der Waals surface area contributed by atoms with E-state index in [1.165, 1.54) is 11.1 Å². The van der Waals surface area contributed by atoms with Crippen LogP contribution in [0, 0.1) is 17.8 Å². The van der Waals surface area contributed by atoms with Crippen molar-refractivity contribution in [1.29, 1.82) is 0 Å². The Labute approximate surface area is 104 Å². The van der Waals surface area contributed by atoms with Crippen molar-refractivity contribution in [2.45, 2.75) is 33.3 Å². The molecule has 0 aromatic heterocycles. The van der Waals surface area contributed by atoms with Crippen molar-refractivity contribution >= 4 is 5.57 Å². The Morgan fingerprint density at radius 2 is 1.71 bits per heavy atom. The summed E-state index contributed by atoms with van der Waals surface area (Å²) < 4.78 is 0. The van der Waals surface area contributed by atoms with Crippen LogP contribution >= 0.6 is 0 Å². The van der Waals surface area contributed by atoms with E-state index in [2.05, 4.69) is 51.1 Å². The lowest BCUT2D eigenvalue weighted by atomic mass is 9.83. The first-order chi connectivity index (χ1) is 8.11. The van der Waals surface area contributed by atoms with Gasteiger partial charge in [-0.15, -0.1) is 0 Å². The van der Waals surface area contributed by atoms with Gasteiger partial charge in [0.15, 0.2) is 0 Å². The third kappa shape index (κ3) is 2.44. The molecule has 1 N–H and O–H groups in total. The molecule has 0 heterocycles. The number of allylic oxidation sites excluding steroid dienone is 1. The van der Waals surface area contributed by atoms with Crippen LogP contribution in [-0.2, 0) is 0 Å². The zero-order valence-electron chi connectivity index (χ0n) is 10.9. The lowest BCUT2D eigenvalue weighted by molar-refractivity contribution is 0.0647. The molecule has 0 saturated carbocycles. The molecule has 1 aromatic rings. The van der Waals surface area contributed by atoms with E-state index in [-0.39, 0.29) is 12.0 Å². The van der Waals surface area contributed by atoms with E-state index in [9.17, 15) is 5.11 Å². The van der Waals surface area contributed by atoms with Crippen LogP contribution < -0.4 is 0 Å². The van der Waals surface area contributed by atoms with Crippen molar-refractivity contribution in [2.75, 3.05) is 0 Å². The van der Waals surface area contributed by atoms with E-state index in [1.54, 1.807) is 0 Å². The molecule has 0 fully saturated rings. The van der Waals surface area contributed by atoms with E-state index in [1.807, 2.05) is 6.07 Å². The van der Waals surface area contributed by atoms with Crippen LogP contribution in [0.2, 0.25) is 0 Å². The number of benzene rings is 1. The van der Waals surface area contributed by atoms with Gasteiger partial charge < -0.3 is 5.11 Å². The van der Waals surface area contributed by atoms with Gasteiger partial charge in [0, 0.05) is 5.92 Å². The second-order valence-electron chi connectivity index (χ2n) is 5.38. The van der Waals surface area contributed by atoms with E-state index >= 15 is 0 Å². The summed E-state index contributed by atoms with van der Waals surface area (Å²) in [6, 6.07) is 10.4. The van der Waals surface area contributed by atoms with Crippen LogP contribution in [0.25, 0.3) is 5.57 Å². The fraction of sp³-hybridized carbons (Fsp3) is 0.500. The van der Waals surface area contributed by atoms with Crippen molar-refractivity contribution in [3.8, 4) is 0 Å². The Morgan fingerprint density at radius 1 is 1.06 bits per heavy atom. The Kier molecular flexibility index (Phi) is 3.68. The highest BCUT2D eigenvalue weighted by Gasteiger charge is 2.30. The van der Waals surface area contributed by atoms with E-state index in [4.69, 9.17) is 0 Å². The largest absolute Gasteiger partial charge is 0.392 e. The average molecular weight is 230 g/mol. The lowest BCUT2D eigenvalue weighted by Gasteiger charge is -2.27. The summed E-state index contributed by atoms with van der Waals surface area (Å²) in [6.45, 7) is 6.52. The number of aliphatic hydroxyl groups excluding tert-OH is 1. The number of hydrogen-bond donors (Lipinski definition) is 1. The fourth-order valence-corrected chi connectivity index (χ4v) is 2.70. The molecule has 0 amide bonds. The maximum Gasteiger partial charge on any atom is 0.0634 e. The summed E-state index contributed by atoms with van der Waals surface area (Å²) in [7, 11) is 0. The van der Waals surface area contributed by atoms with Crippen LogP contribution in [-0.4, -0.2) is 11.2 Å². The SMILES string of the molecule is CC1CC=C(c2ccccc2)C(C)C(O)C1C. The van der Waals surface area contributed by atoms with E-state index < -0.39 is 0 Å². The minimum Gasteiger partial charge on any atom is -0.392 e. The van der Waals surface area contributed by atoms with Gasteiger partial charge >= 0.3 is 0 Å². The van der Waals surface area contributed by atoms with Gasteiger partial charge in [0.25, 0.3) is 0 Å². The molecule has 17 heavy (non-hydrogen) atoms. The van der Waals surface area contributed by atoms with Gasteiger partial charge in [0.05, 0.1) is 6.10 Å². The summed E-state index contributed by atoms with van der Waals surface area (Å²) in [5.74, 6) is 1.13. The van der Waals surface area contributed by atoms with Crippen LogP contribution in [0.4, 0.5) is 0 Å². The first-order valence-corrected chi connectivity index (χ1v) is 6.54. The smallest absolute Gasteiger partial charge is 0.0634 e. The van der Waals surface area contributed by atoms with Crippen molar-refractivity contribution in [3.05, 3.63) is 42.0 Å². The second kappa shape index (κ2) is 5.05. The molecule has 2 rings (SSSR count). The average Bonchev–Trinajstić information content (AvgIpc) is 2.45. The van der Waals surface area contributed by atoms with Gasteiger partial charge in [-0.1, -0.05) is 57.2 Å². The van der Waals surface area contributed by atoms with E-state index in [0.717, 1.165) is 6.42 Å². The molecule has 1 heteroatoms. The molecule has 0 bridgehead atoms. The number of hydrogen-bond acceptors (Lipinski definition) is 1. The highest BCUT2D eigenvalue weighted by molar-refractivity contribution is 5.68. The normalized spacial score (nSPS) is 34.0. The zero-order chi connectivity index (χ0) is 12.4. The molecule has 4 unspecified atom stereocenters. The summed E-state index contributed by atoms with van der Waals surface area (Å²) in [4.78, 5) is 0. The molecule has 1 nitrogen and oxygen atoms in total. The van der Waals surface area contributed by atoms with Crippen molar-refractivity contribution in [2.24, 2.45) is 17.8 Å². The first-order valence-electron chi connectivity index (χ1n) is 6.54. The van der Waals surface area contributed by atoms with Crippen LogP contribution in [0.5, 0.6) is 0 Å². The maximum atomic E-state index is 10.4. The molecular weight excluding hydrogens is 208 g/mol. The van der Waals surface area contributed by atoms with E-state index in [0.29, 0.717) is 11.8 Å². The highest BCUT2D eigenvalue weighted by atomic mass is 16.3. The Balaban J connectivity index is 2.34. The first kappa shape index (κ1) is 12.4. The number of aliphatic hydroxyl groups is 1. The standard InChI is InChI=1S/C16H22O/c1-11-9-10-15(13(3)16(17)12(11)2)14-7-5-4-6-8-14/h4-8,10-13,16-17H,9H2,1-3H3. The Morgan fingerprint density at radius 3 is 2.35 bits per heavy atom. The van der Waals surface area contributed by atoms with Crippen molar-refractivity contribution < 1.29 is 5.11 Å². The van der Waals surface area contributed by atoms with Gasteiger partial charge in [-0.25, -0.2) is 0 Å². The van der Waals surface area contributed by atoms with Gasteiger partial charge in [0.1, 0.15) is 0 Å². The summed E-state index contributed by atoms with van der Waals surface area (Å²) in [5.41, 5.74) is 2.55. The molecular formula is C16H22O. The molecule has 0 spiro atoms. The van der Waals surface area contributed by atoms with Crippen LogP contribution in [0.1, 0.15) is 32.8 Å². The minimum absolute atomic E-state index is 0.220. The maximum absolute atomic E-state index is 10.4. The second-order valence-corrected chi connectivity index (χ2v) is 5.38. The molecule has 1 aliphatic carbocycles. The zero-order valence-corrected chi connectivity index (χ0v) is 10.9. The van der Waals surface area contributed by atoms with Crippen molar-refractivity contribution in [1.82, 2.24) is 0 Å². The van der Waals surface area contributed by atoms with Gasteiger partial charge in [-0.3, -0.25) is 0 Å². The number of rotatable bonds is 1. The van der Waals surface area contributed by atoms with Gasteiger partial charge in [0.2, 0.25) is 0 Å². The summed E-state index contributed by atoms with van der Waals surface area (Å²) in [5, 5.41) is 10.4. The van der Waals surface area contributed by atoms with Crippen LogP contribution in [0.3, 0.4) is 0 Å². The predicted molar refractivity (Wildman–Crippen MR) is 72.5 cm³/mol.